The number of hydrogen-bond donors (Lipinski definition) is 1. The van der Waals surface area contributed by atoms with E-state index in [0.29, 0.717) is 11.3 Å². The maximum Gasteiger partial charge on any atom is 0.416 e. The number of rotatable bonds is 3. The van der Waals surface area contributed by atoms with Crippen LogP contribution in [0.25, 0.3) is 0 Å². The van der Waals surface area contributed by atoms with Crippen molar-refractivity contribution in [3.63, 3.8) is 0 Å². The molecule has 0 spiro atoms. The van der Waals surface area contributed by atoms with Gasteiger partial charge in [0.05, 0.1) is 5.56 Å². The fraction of sp³-hybridized carbons (Fsp3) is 0.333. The number of hydrogen-bond acceptors (Lipinski definition) is 2. The highest BCUT2D eigenvalue weighted by atomic mass is 19.4. The Kier molecular flexibility index (Phi) is 5.19. The summed E-state index contributed by atoms with van der Waals surface area (Å²) in [5.74, 6) is -2.29. The number of nitrogens with zero attached hydrogens (tertiary/aromatic N) is 1. The summed E-state index contributed by atoms with van der Waals surface area (Å²) in [6.07, 6.45) is -4.43. The van der Waals surface area contributed by atoms with E-state index in [1.807, 2.05) is 26.0 Å². The maximum absolute atomic E-state index is 12.9. The van der Waals surface area contributed by atoms with Gasteiger partial charge in [0.1, 0.15) is 5.92 Å². The van der Waals surface area contributed by atoms with Gasteiger partial charge in [-0.3, -0.25) is 9.59 Å². The molecule has 1 saturated heterocycles. The molecule has 1 fully saturated rings. The third kappa shape index (κ3) is 3.88. The Hall–Kier alpha value is -2.83. The topological polar surface area (TPSA) is 49.4 Å². The van der Waals surface area contributed by atoms with E-state index < -0.39 is 29.5 Å². The van der Waals surface area contributed by atoms with Crippen molar-refractivity contribution in [2.24, 2.45) is 5.92 Å². The second kappa shape index (κ2) is 7.30. The van der Waals surface area contributed by atoms with Gasteiger partial charge in [0.25, 0.3) is 0 Å². The average Bonchev–Trinajstić information content (AvgIpc) is 2.92. The number of amides is 2. The number of halogens is 3. The third-order valence-electron chi connectivity index (χ3n) is 5.10. The fourth-order valence-corrected chi connectivity index (χ4v) is 3.58. The summed E-state index contributed by atoms with van der Waals surface area (Å²) in [7, 11) is 1.59. The average molecular weight is 390 g/mol. The molecule has 1 N–H and O–H groups in total. The molecule has 1 aliphatic rings. The monoisotopic (exact) mass is 390 g/mol. The van der Waals surface area contributed by atoms with Crippen LogP contribution in [0.1, 0.15) is 28.2 Å². The van der Waals surface area contributed by atoms with Gasteiger partial charge in [0.15, 0.2) is 0 Å². The van der Waals surface area contributed by atoms with E-state index in [1.54, 1.807) is 13.1 Å². The van der Waals surface area contributed by atoms with Crippen LogP contribution in [0.5, 0.6) is 0 Å². The Bertz CT molecular complexity index is 907. The number of benzene rings is 2. The normalized spacial score (nSPS) is 19.8. The number of alkyl halides is 3. The zero-order valence-corrected chi connectivity index (χ0v) is 15.8. The second-order valence-corrected chi connectivity index (χ2v) is 7.23. The molecule has 0 aromatic heterocycles. The van der Waals surface area contributed by atoms with E-state index in [-0.39, 0.29) is 12.5 Å². The first-order chi connectivity index (χ1) is 13.1. The third-order valence-corrected chi connectivity index (χ3v) is 5.10. The first kappa shape index (κ1) is 19.9. The van der Waals surface area contributed by atoms with Gasteiger partial charge in [-0.05, 0) is 43.2 Å². The summed E-state index contributed by atoms with van der Waals surface area (Å²) < 4.78 is 38.4. The van der Waals surface area contributed by atoms with Gasteiger partial charge >= 0.3 is 6.18 Å². The summed E-state index contributed by atoms with van der Waals surface area (Å²) in [5, 5.41) is 2.80. The number of carbonyl (C=O) groups excluding carboxylic acids is 2. The molecule has 1 heterocycles. The van der Waals surface area contributed by atoms with Crippen LogP contribution in [0.2, 0.25) is 0 Å². The van der Waals surface area contributed by atoms with Gasteiger partial charge in [-0.2, -0.15) is 13.2 Å². The van der Waals surface area contributed by atoms with Gasteiger partial charge in [-0.15, -0.1) is 0 Å². The largest absolute Gasteiger partial charge is 0.416 e. The Labute approximate surface area is 161 Å². The van der Waals surface area contributed by atoms with Crippen LogP contribution in [0, 0.1) is 19.8 Å². The van der Waals surface area contributed by atoms with E-state index in [9.17, 15) is 22.8 Å². The molecular formula is C21H21F3N2O2. The van der Waals surface area contributed by atoms with Crippen molar-refractivity contribution in [3.05, 3.63) is 64.7 Å². The highest BCUT2D eigenvalue weighted by Gasteiger charge is 2.44. The number of aryl methyl sites for hydroxylation is 2. The van der Waals surface area contributed by atoms with Crippen LogP contribution in [0.3, 0.4) is 0 Å². The number of likely N-dealkylation sites (N-methyl/N-ethyl adjacent to an activating group) is 1. The second-order valence-electron chi connectivity index (χ2n) is 7.23. The van der Waals surface area contributed by atoms with Gasteiger partial charge in [0.2, 0.25) is 11.8 Å². The molecule has 1 aliphatic heterocycles. The number of anilines is 1. The van der Waals surface area contributed by atoms with Gasteiger partial charge < -0.3 is 10.2 Å². The molecule has 0 saturated carbocycles. The van der Waals surface area contributed by atoms with Crippen molar-refractivity contribution in [3.8, 4) is 0 Å². The highest BCUT2D eigenvalue weighted by molar-refractivity contribution is 6.08. The maximum atomic E-state index is 12.9. The molecule has 0 bridgehead atoms. The van der Waals surface area contributed by atoms with Crippen LogP contribution >= 0.6 is 0 Å². The molecule has 0 radical (unpaired) electrons. The fourth-order valence-electron chi connectivity index (χ4n) is 3.58. The van der Waals surface area contributed by atoms with Gasteiger partial charge in [-0.1, -0.05) is 29.8 Å². The van der Waals surface area contributed by atoms with Crippen LogP contribution in [-0.2, 0) is 15.8 Å². The summed E-state index contributed by atoms with van der Waals surface area (Å²) in [6, 6.07) is 10.2. The lowest BCUT2D eigenvalue weighted by molar-refractivity contribution is -0.138. The first-order valence-electron chi connectivity index (χ1n) is 8.88. The molecule has 2 aromatic rings. The van der Waals surface area contributed by atoms with E-state index in [4.69, 9.17) is 0 Å². The quantitative estimate of drug-likeness (QED) is 0.801. The molecule has 3 rings (SSSR count). The summed E-state index contributed by atoms with van der Waals surface area (Å²) in [5.41, 5.74) is 2.31. The minimum atomic E-state index is -4.43. The van der Waals surface area contributed by atoms with Gasteiger partial charge in [-0.25, -0.2) is 0 Å². The molecule has 0 aliphatic carbocycles. The Balaban J connectivity index is 1.87. The zero-order valence-electron chi connectivity index (χ0n) is 15.8. The summed E-state index contributed by atoms with van der Waals surface area (Å²) >= 11 is 0. The highest BCUT2D eigenvalue weighted by Crippen LogP contribution is 2.36. The van der Waals surface area contributed by atoms with E-state index in [0.717, 1.165) is 23.3 Å². The van der Waals surface area contributed by atoms with Crippen LogP contribution in [0.4, 0.5) is 18.9 Å². The van der Waals surface area contributed by atoms with Crippen molar-refractivity contribution in [2.45, 2.75) is 25.9 Å². The van der Waals surface area contributed by atoms with Gasteiger partial charge in [0, 0.05) is 25.2 Å². The lowest BCUT2D eigenvalue weighted by atomic mass is 9.87. The molecule has 0 unspecified atom stereocenters. The Morgan fingerprint density at radius 2 is 1.75 bits per heavy atom. The molecule has 4 nitrogen and oxygen atoms in total. The van der Waals surface area contributed by atoms with E-state index >= 15 is 0 Å². The standard InChI is InChI=1S/C21H21F3N2O2/c1-12-4-9-17(13(2)10-12)25-19(27)18-16(11-26(3)20(18)28)14-5-7-15(8-6-14)21(22,23)24/h4-10,16,18H,11H2,1-3H3,(H,25,27)/t16-,18+/m1/s1. The summed E-state index contributed by atoms with van der Waals surface area (Å²) in [6.45, 7) is 4.07. The predicted molar refractivity (Wildman–Crippen MR) is 99.9 cm³/mol. The number of likely N-dealkylation sites (tertiary alicyclic amines) is 1. The molecule has 2 amide bonds. The zero-order chi connectivity index (χ0) is 20.6. The van der Waals surface area contributed by atoms with Crippen molar-refractivity contribution in [1.29, 1.82) is 0 Å². The Morgan fingerprint density at radius 1 is 1.11 bits per heavy atom. The van der Waals surface area contributed by atoms with Crippen LogP contribution in [0.15, 0.2) is 42.5 Å². The minimum Gasteiger partial charge on any atom is -0.344 e. The smallest absolute Gasteiger partial charge is 0.344 e. The minimum absolute atomic E-state index is 0.273. The predicted octanol–water partition coefficient (Wildman–Crippen LogP) is 4.13. The number of nitrogens with one attached hydrogen (secondary N) is 1. The van der Waals surface area contributed by atoms with Crippen LogP contribution < -0.4 is 5.32 Å². The van der Waals surface area contributed by atoms with Crippen molar-refractivity contribution in [2.75, 3.05) is 18.9 Å². The van der Waals surface area contributed by atoms with Crippen molar-refractivity contribution in [1.82, 2.24) is 4.90 Å². The summed E-state index contributed by atoms with van der Waals surface area (Å²) in [4.78, 5) is 26.9. The Morgan fingerprint density at radius 3 is 2.32 bits per heavy atom. The van der Waals surface area contributed by atoms with E-state index in [2.05, 4.69) is 5.32 Å². The first-order valence-corrected chi connectivity index (χ1v) is 8.88. The lowest BCUT2D eigenvalue weighted by Gasteiger charge is -2.18. The van der Waals surface area contributed by atoms with E-state index in [1.165, 1.54) is 17.0 Å². The van der Waals surface area contributed by atoms with Crippen LogP contribution in [-0.4, -0.2) is 30.3 Å². The van der Waals surface area contributed by atoms with Crippen molar-refractivity contribution < 1.29 is 22.8 Å². The number of carbonyl (C=O) groups is 2. The lowest BCUT2D eigenvalue weighted by Crippen LogP contribution is -2.32. The molecule has 2 atom stereocenters. The SMILES string of the molecule is Cc1ccc(NC(=O)[C@H]2C(=O)N(C)C[C@@H]2c2ccc(C(F)(F)F)cc2)c(C)c1. The molecular weight excluding hydrogens is 369 g/mol. The molecule has 2 aromatic carbocycles. The molecule has 7 heteroatoms. The van der Waals surface area contributed by atoms with Crippen molar-refractivity contribution >= 4 is 17.5 Å². The molecule has 148 valence electrons. The molecule has 28 heavy (non-hydrogen) atoms.